The summed E-state index contributed by atoms with van der Waals surface area (Å²) in [6, 6.07) is 0. The molecular weight excluding hydrogens is 372 g/mol. The van der Waals surface area contributed by atoms with E-state index in [1.807, 2.05) is 26.0 Å². The summed E-state index contributed by atoms with van der Waals surface area (Å²) in [5, 5.41) is 0. The Bertz CT molecular complexity index is 334. The first-order valence-corrected chi connectivity index (χ1v) is 13.2. The van der Waals surface area contributed by atoms with Crippen molar-refractivity contribution in [2.24, 2.45) is 5.73 Å². The van der Waals surface area contributed by atoms with Crippen LogP contribution < -0.4 is 5.73 Å². The van der Waals surface area contributed by atoms with Gasteiger partial charge >= 0.3 is 0 Å². The van der Waals surface area contributed by atoms with Gasteiger partial charge in [0.2, 0.25) is 0 Å². The van der Waals surface area contributed by atoms with Crippen LogP contribution in [0.15, 0.2) is 0 Å². The van der Waals surface area contributed by atoms with Crippen molar-refractivity contribution in [2.75, 3.05) is 33.9 Å². The molecule has 0 aromatic rings. The number of nitrogens with zero attached hydrogens (tertiary/aromatic N) is 1. The highest BCUT2D eigenvalue weighted by molar-refractivity contribution is 7.85. The normalized spacial score (nSPS) is 10.9. The SMILES string of the molecule is CCCCCCCCCCCCCCCCCCN.CN(C)C.CS(=O)(=O)O. The molecule has 0 aliphatic heterocycles. The molecule has 0 heterocycles. The van der Waals surface area contributed by atoms with E-state index in [4.69, 9.17) is 10.3 Å². The van der Waals surface area contributed by atoms with Gasteiger partial charge in [-0.15, -0.1) is 0 Å². The Morgan fingerprint density at radius 2 is 0.821 bits per heavy atom. The van der Waals surface area contributed by atoms with Crippen LogP contribution in [0.2, 0.25) is 0 Å². The molecule has 0 rings (SSSR count). The smallest absolute Gasteiger partial charge is 0.261 e. The first-order chi connectivity index (χ1) is 13.1. The molecule has 5 nitrogen and oxygen atoms in total. The average Bonchev–Trinajstić information content (AvgIpc) is 2.56. The highest BCUT2D eigenvalue weighted by Crippen LogP contribution is 2.13. The highest BCUT2D eigenvalue weighted by atomic mass is 32.2. The third-order valence-electron chi connectivity index (χ3n) is 4.06. The number of unbranched alkanes of at least 4 members (excludes halogenated alkanes) is 15. The fourth-order valence-electron chi connectivity index (χ4n) is 2.69. The zero-order chi connectivity index (χ0) is 22.1. The first kappa shape index (κ1) is 32.5. The summed E-state index contributed by atoms with van der Waals surface area (Å²) in [6.07, 6.45) is 23.6. The standard InChI is InChI=1S/C18H39N.C3H9N.CH4O3S/c1-2-3-4-5-6-7-8-9-10-11-12-13-14-15-16-17-18-19;1-4(2)3;1-5(2,3)4/h2-19H2,1H3;1-3H3;1H3,(H,2,3,4). The van der Waals surface area contributed by atoms with Crippen molar-refractivity contribution in [1.29, 1.82) is 0 Å². The third-order valence-corrected chi connectivity index (χ3v) is 4.06. The Balaban J connectivity index is -0.000000575. The van der Waals surface area contributed by atoms with Gasteiger partial charge in [0.25, 0.3) is 10.1 Å². The maximum atomic E-state index is 9.19. The predicted octanol–water partition coefficient (Wildman–Crippen LogP) is 5.89. The van der Waals surface area contributed by atoms with Crippen molar-refractivity contribution in [3.8, 4) is 0 Å². The molecule has 0 bridgehead atoms. The van der Waals surface area contributed by atoms with E-state index in [9.17, 15) is 8.42 Å². The third kappa shape index (κ3) is 63.6. The summed E-state index contributed by atoms with van der Waals surface area (Å²) in [5.74, 6) is 0. The van der Waals surface area contributed by atoms with Crippen molar-refractivity contribution in [3.05, 3.63) is 0 Å². The molecule has 0 amide bonds. The van der Waals surface area contributed by atoms with Gasteiger partial charge in [0.1, 0.15) is 0 Å². The molecule has 0 spiro atoms. The molecule has 0 aromatic heterocycles. The van der Waals surface area contributed by atoms with Crippen LogP contribution in [0.1, 0.15) is 110 Å². The Morgan fingerprint density at radius 3 is 1.00 bits per heavy atom. The van der Waals surface area contributed by atoms with Crippen molar-refractivity contribution >= 4 is 10.1 Å². The second kappa shape index (κ2) is 26.8. The van der Waals surface area contributed by atoms with E-state index in [0.717, 1.165) is 6.54 Å². The largest absolute Gasteiger partial charge is 0.330 e. The lowest BCUT2D eigenvalue weighted by molar-refractivity contribution is 0.490. The van der Waals surface area contributed by atoms with E-state index < -0.39 is 10.1 Å². The molecule has 28 heavy (non-hydrogen) atoms. The molecule has 0 saturated carbocycles. The highest BCUT2D eigenvalue weighted by Gasteiger charge is 1.94. The summed E-state index contributed by atoms with van der Waals surface area (Å²) >= 11 is 0. The van der Waals surface area contributed by atoms with Crippen LogP contribution in [0.4, 0.5) is 0 Å². The minimum atomic E-state index is -3.67. The maximum absolute atomic E-state index is 9.19. The van der Waals surface area contributed by atoms with Crippen LogP contribution in [0.25, 0.3) is 0 Å². The molecule has 3 N–H and O–H groups in total. The van der Waals surface area contributed by atoms with Crippen molar-refractivity contribution in [3.63, 3.8) is 0 Å². The van der Waals surface area contributed by atoms with E-state index in [2.05, 4.69) is 6.92 Å². The van der Waals surface area contributed by atoms with Gasteiger partial charge in [-0.05, 0) is 34.1 Å². The summed E-state index contributed by atoms with van der Waals surface area (Å²) in [7, 11) is 2.33. The number of rotatable bonds is 16. The summed E-state index contributed by atoms with van der Waals surface area (Å²) in [5.41, 5.74) is 5.48. The molecule has 0 unspecified atom stereocenters. The van der Waals surface area contributed by atoms with Crippen LogP contribution in [0.5, 0.6) is 0 Å². The topological polar surface area (TPSA) is 83.6 Å². The van der Waals surface area contributed by atoms with E-state index in [0.29, 0.717) is 6.26 Å². The fraction of sp³-hybridized carbons (Fsp3) is 1.00. The maximum Gasteiger partial charge on any atom is 0.261 e. The average molecular weight is 425 g/mol. The fourth-order valence-corrected chi connectivity index (χ4v) is 2.69. The van der Waals surface area contributed by atoms with Gasteiger partial charge in [-0.2, -0.15) is 8.42 Å². The predicted molar refractivity (Wildman–Crippen MR) is 126 cm³/mol. The molecule has 0 aliphatic carbocycles. The van der Waals surface area contributed by atoms with Gasteiger partial charge in [-0.1, -0.05) is 103 Å². The summed E-state index contributed by atoms with van der Waals surface area (Å²) in [4.78, 5) is 2.00. The second-order valence-electron chi connectivity index (χ2n) is 8.17. The Morgan fingerprint density at radius 1 is 0.643 bits per heavy atom. The summed E-state index contributed by atoms with van der Waals surface area (Å²) < 4.78 is 25.9. The van der Waals surface area contributed by atoms with Gasteiger partial charge in [-0.25, -0.2) is 0 Å². The zero-order valence-corrected chi connectivity index (χ0v) is 20.5. The molecule has 0 fully saturated rings. The quantitative estimate of drug-likeness (QED) is 0.238. The molecule has 0 saturated heterocycles. The zero-order valence-electron chi connectivity index (χ0n) is 19.7. The Hall–Kier alpha value is -0.170. The minimum Gasteiger partial charge on any atom is -0.330 e. The molecule has 0 atom stereocenters. The van der Waals surface area contributed by atoms with Crippen LogP contribution in [-0.2, 0) is 10.1 Å². The molecule has 6 heteroatoms. The number of hydrogen-bond donors (Lipinski definition) is 2. The lowest BCUT2D eigenvalue weighted by Crippen LogP contribution is -1.99. The molecule has 0 radical (unpaired) electrons. The number of nitrogens with two attached hydrogens (primary N) is 1. The lowest BCUT2D eigenvalue weighted by atomic mass is 10.0. The van der Waals surface area contributed by atoms with Crippen molar-refractivity contribution in [2.45, 2.75) is 110 Å². The van der Waals surface area contributed by atoms with E-state index in [1.54, 1.807) is 0 Å². The number of hydrogen-bond acceptors (Lipinski definition) is 4. The molecular formula is C22H52N2O3S. The molecule has 174 valence electrons. The monoisotopic (exact) mass is 424 g/mol. The van der Waals surface area contributed by atoms with Gasteiger partial charge in [0.05, 0.1) is 6.26 Å². The van der Waals surface area contributed by atoms with Crippen LogP contribution >= 0.6 is 0 Å². The van der Waals surface area contributed by atoms with Crippen molar-refractivity contribution in [1.82, 2.24) is 4.90 Å². The summed E-state index contributed by atoms with van der Waals surface area (Å²) in [6.45, 7) is 3.16. The lowest BCUT2D eigenvalue weighted by Gasteiger charge is -2.03. The first-order valence-electron chi connectivity index (χ1n) is 11.4. The Kier molecular flexibility index (Phi) is 31.1. The van der Waals surface area contributed by atoms with E-state index in [1.165, 1.54) is 103 Å². The molecule has 0 aromatic carbocycles. The van der Waals surface area contributed by atoms with E-state index >= 15 is 0 Å². The van der Waals surface area contributed by atoms with Gasteiger partial charge in [0.15, 0.2) is 0 Å². The van der Waals surface area contributed by atoms with Gasteiger partial charge in [0, 0.05) is 0 Å². The van der Waals surface area contributed by atoms with Crippen LogP contribution in [-0.4, -0.2) is 51.8 Å². The van der Waals surface area contributed by atoms with E-state index in [-0.39, 0.29) is 0 Å². The Labute approximate surface area is 177 Å². The van der Waals surface area contributed by atoms with Crippen LogP contribution in [0, 0.1) is 0 Å². The minimum absolute atomic E-state index is 0.715. The van der Waals surface area contributed by atoms with Crippen LogP contribution in [0.3, 0.4) is 0 Å². The molecule has 0 aliphatic rings. The van der Waals surface area contributed by atoms with Gasteiger partial charge in [-0.3, -0.25) is 4.55 Å². The van der Waals surface area contributed by atoms with Crippen molar-refractivity contribution < 1.29 is 13.0 Å². The second-order valence-corrected chi connectivity index (χ2v) is 9.63. The van der Waals surface area contributed by atoms with Gasteiger partial charge < -0.3 is 10.6 Å².